The van der Waals surface area contributed by atoms with Crippen molar-refractivity contribution in [2.45, 2.75) is 25.6 Å². The molecule has 0 bridgehead atoms. The molecule has 1 aromatic rings. The van der Waals surface area contributed by atoms with Gasteiger partial charge in [0.25, 0.3) is 0 Å². The van der Waals surface area contributed by atoms with Crippen LogP contribution < -0.4 is 0 Å². The number of aliphatic hydroxyl groups excluding tert-OH is 2. The van der Waals surface area contributed by atoms with E-state index in [2.05, 4.69) is 0 Å². The molecule has 0 spiro atoms. The SMILES string of the molecule is CC(=O)SCCC(O)C(O)c1cccc(C=O)c1F. The van der Waals surface area contributed by atoms with E-state index in [1.165, 1.54) is 25.1 Å². The summed E-state index contributed by atoms with van der Waals surface area (Å²) in [4.78, 5) is 21.3. The van der Waals surface area contributed by atoms with Crippen LogP contribution in [0.1, 0.15) is 35.4 Å². The fourth-order valence-electron chi connectivity index (χ4n) is 1.58. The van der Waals surface area contributed by atoms with Crippen molar-refractivity contribution in [3.63, 3.8) is 0 Å². The molecular formula is C13H15FO4S. The van der Waals surface area contributed by atoms with Gasteiger partial charge in [-0.3, -0.25) is 9.59 Å². The Kier molecular flexibility index (Phi) is 6.14. The summed E-state index contributed by atoms with van der Waals surface area (Å²) in [5.74, 6) is -0.494. The molecule has 0 aliphatic rings. The zero-order valence-corrected chi connectivity index (χ0v) is 11.2. The van der Waals surface area contributed by atoms with Gasteiger partial charge < -0.3 is 10.2 Å². The Balaban J connectivity index is 2.73. The van der Waals surface area contributed by atoms with Crippen LogP contribution in [0.4, 0.5) is 4.39 Å². The first-order valence-corrected chi connectivity index (χ1v) is 6.69. The van der Waals surface area contributed by atoms with Crippen molar-refractivity contribution in [3.05, 3.63) is 35.1 Å². The van der Waals surface area contributed by atoms with Crippen LogP contribution in [-0.2, 0) is 4.79 Å². The summed E-state index contributed by atoms with van der Waals surface area (Å²) in [6.07, 6.45) is -2.12. The van der Waals surface area contributed by atoms with E-state index in [0.717, 1.165) is 11.8 Å². The quantitative estimate of drug-likeness (QED) is 0.779. The summed E-state index contributed by atoms with van der Waals surface area (Å²) < 4.78 is 13.8. The number of hydrogen-bond acceptors (Lipinski definition) is 5. The maximum absolute atomic E-state index is 13.8. The number of rotatable bonds is 6. The molecule has 0 aromatic heterocycles. The molecule has 2 atom stereocenters. The van der Waals surface area contributed by atoms with Crippen LogP contribution in [0.25, 0.3) is 0 Å². The fourth-order valence-corrected chi connectivity index (χ4v) is 2.22. The van der Waals surface area contributed by atoms with Gasteiger partial charge in [-0.05, 0) is 12.5 Å². The van der Waals surface area contributed by atoms with Crippen molar-refractivity contribution in [2.24, 2.45) is 0 Å². The zero-order valence-electron chi connectivity index (χ0n) is 10.4. The Morgan fingerprint density at radius 1 is 1.47 bits per heavy atom. The van der Waals surface area contributed by atoms with Crippen LogP contribution in [0.5, 0.6) is 0 Å². The molecule has 0 aliphatic heterocycles. The second kappa shape index (κ2) is 7.37. The largest absolute Gasteiger partial charge is 0.390 e. The third kappa shape index (κ3) is 4.41. The van der Waals surface area contributed by atoms with Gasteiger partial charge >= 0.3 is 0 Å². The molecule has 2 unspecified atom stereocenters. The monoisotopic (exact) mass is 286 g/mol. The Bertz CT molecular complexity index is 464. The highest BCUT2D eigenvalue weighted by molar-refractivity contribution is 8.13. The number of aldehydes is 1. The van der Waals surface area contributed by atoms with Gasteiger partial charge in [-0.2, -0.15) is 0 Å². The number of halogens is 1. The second-order valence-corrected chi connectivity index (χ2v) is 5.28. The van der Waals surface area contributed by atoms with Gasteiger partial charge in [0.05, 0.1) is 11.7 Å². The summed E-state index contributed by atoms with van der Waals surface area (Å²) in [7, 11) is 0. The third-order valence-corrected chi connectivity index (χ3v) is 3.43. The lowest BCUT2D eigenvalue weighted by Crippen LogP contribution is -2.20. The number of carbonyl (C=O) groups excluding carboxylic acids is 2. The van der Waals surface area contributed by atoms with E-state index < -0.39 is 18.0 Å². The highest BCUT2D eigenvalue weighted by atomic mass is 32.2. The number of thioether (sulfide) groups is 1. The third-order valence-electron chi connectivity index (χ3n) is 2.59. The predicted octanol–water partition coefficient (Wildman–Crippen LogP) is 1.70. The molecule has 0 radical (unpaired) electrons. The van der Waals surface area contributed by atoms with E-state index in [4.69, 9.17) is 0 Å². The van der Waals surface area contributed by atoms with Gasteiger partial charge in [-0.15, -0.1) is 0 Å². The average Bonchev–Trinajstić information content (AvgIpc) is 2.37. The molecule has 0 heterocycles. The Hall–Kier alpha value is -1.24. The first-order chi connectivity index (χ1) is 8.97. The van der Waals surface area contributed by atoms with Gasteiger partial charge in [0.2, 0.25) is 0 Å². The van der Waals surface area contributed by atoms with Gasteiger partial charge in [-0.25, -0.2) is 4.39 Å². The Labute approximate surface area is 114 Å². The first-order valence-electron chi connectivity index (χ1n) is 5.70. The molecule has 0 saturated heterocycles. The molecule has 6 heteroatoms. The molecule has 0 saturated carbocycles. The van der Waals surface area contributed by atoms with Crippen molar-refractivity contribution in [1.82, 2.24) is 0 Å². The zero-order chi connectivity index (χ0) is 14.4. The summed E-state index contributed by atoms with van der Waals surface area (Å²) in [5.41, 5.74) is -0.285. The lowest BCUT2D eigenvalue weighted by molar-refractivity contribution is -0.109. The van der Waals surface area contributed by atoms with E-state index in [1.807, 2.05) is 0 Å². The number of hydrogen-bond donors (Lipinski definition) is 2. The molecule has 104 valence electrons. The maximum Gasteiger partial charge on any atom is 0.185 e. The molecule has 0 amide bonds. The van der Waals surface area contributed by atoms with E-state index in [1.54, 1.807) is 0 Å². The minimum absolute atomic E-state index is 0.0872. The first kappa shape index (κ1) is 15.8. The second-order valence-electron chi connectivity index (χ2n) is 4.01. The van der Waals surface area contributed by atoms with Gasteiger partial charge in [0.1, 0.15) is 11.9 Å². The molecule has 2 N–H and O–H groups in total. The predicted molar refractivity (Wildman–Crippen MR) is 70.5 cm³/mol. The molecule has 0 aliphatic carbocycles. The molecule has 19 heavy (non-hydrogen) atoms. The molecular weight excluding hydrogens is 271 g/mol. The van der Waals surface area contributed by atoms with Crippen molar-refractivity contribution in [3.8, 4) is 0 Å². The lowest BCUT2D eigenvalue weighted by Gasteiger charge is -2.18. The van der Waals surface area contributed by atoms with E-state index >= 15 is 0 Å². The summed E-state index contributed by atoms with van der Waals surface area (Å²) in [6.45, 7) is 1.40. The van der Waals surface area contributed by atoms with Crippen LogP contribution in [0.2, 0.25) is 0 Å². The Morgan fingerprint density at radius 2 is 2.16 bits per heavy atom. The van der Waals surface area contributed by atoms with Crippen LogP contribution in [0.15, 0.2) is 18.2 Å². The van der Waals surface area contributed by atoms with Gasteiger partial charge in [0.15, 0.2) is 11.4 Å². The number of benzene rings is 1. The van der Waals surface area contributed by atoms with Crippen LogP contribution in [0, 0.1) is 5.82 Å². The van der Waals surface area contributed by atoms with Crippen molar-refractivity contribution < 1.29 is 24.2 Å². The van der Waals surface area contributed by atoms with Gasteiger partial charge in [0, 0.05) is 18.2 Å². The molecule has 1 rings (SSSR count). The van der Waals surface area contributed by atoms with Crippen molar-refractivity contribution in [2.75, 3.05) is 5.75 Å². The minimum Gasteiger partial charge on any atom is -0.390 e. The lowest BCUT2D eigenvalue weighted by atomic mass is 10.00. The van der Waals surface area contributed by atoms with E-state index in [9.17, 15) is 24.2 Å². The highest BCUT2D eigenvalue weighted by Crippen LogP contribution is 2.24. The topological polar surface area (TPSA) is 74.6 Å². The molecule has 1 aromatic carbocycles. The smallest absolute Gasteiger partial charge is 0.185 e. The normalized spacial score (nSPS) is 13.9. The highest BCUT2D eigenvalue weighted by Gasteiger charge is 2.22. The maximum atomic E-state index is 13.8. The van der Waals surface area contributed by atoms with Crippen LogP contribution >= 0.6 is 11.8 Å². The van der Waals surface area contributed by atoms with Crippen LogP contribution in [-0.4, -0.2) is 33.5 Å². The summed E-state index contributed by atoms with van der Waals surface area (Å²) in [5, 5.41) is 19.5. The molecule has 4 nitrogen and oxygen atoms in total. The van der Waals surface area contributed by atoms with Gasteiger partial charge in [-0.1, -0.05) is 23.9 Å². The summed E-state index contributed by atoms with van der Waals surface area (Å²) >= 11 is 1.02. The number of aliphatic hydroxyl groups is 2. The van der Waals surface area contributed by atoms with Crippen LogP contribution in [0.3, 0.4) is 0 Å². The van der Waals surface area contributed by atoms with Crippen molar-refractivity contribution >= 4 is 23.2 Å². The standard InChI is InChI=1S/C13H15FO4S/c1-8(16)19-6-5-11(17)13(18)10-4-2-3-9(7-15)12(10)14/h2-4,7,11,13,17-18H,5-6H2,1H3. The number of carbonyl (C=O) groups is 2. The van der Waals surface area contributed by atoms with E-state index in [0.29, 0.717) is 12.0 Å². The fraction of sp³-hybridized carbons (Fsp3) is 0.385. The van der Waals surface area contributed by atoms with E-state index in [-0.39, 0.29) is 22.7 Å². The summed E-state index contributed by atoms with van der Waals surface area (Å²) in [6, 6.07) is 4.03. The average molecular weight is 286 g/mol. The molecule has 0 fully saturated rings. The Morgan fingerprint density at radius 3 is 2.74 bits per heavy atom. The minimum atomic E-state index is -1.42. The van der Waals surface area contributed by atoms with Crippen molar-refractivity contribution in [1.29, 1.82) is 0 Å².